The van der Waals surface area contributed by atoms with Gasteiger partial charge in [-0.15, -0.1) is 24.0 Å². The van der Waals surface area contributed by atoms with Crippen LogP contribution in [0.3, 0.4) is 0 Å². The minimum Gasteiger partial charge on any atom is -0.444 e. The molecule has 1 aromatic carbocycles. The van der Waals surface area contributed by atoms with Gasteiger partial charge in [-0.05, 0) is 32.4 Å². The number of hydrogen-bond acceptors (Lipinski definition) is 4. The van der Waals surface area contributed by atoms with Crippen molar-refractivity contribution >= 4 is 35.6 Å². The monoisotopic (exact) mass is 491 g/mol. The number of anilines is 1. The molecule has 0 spiro atoms. The topological polar surface area (TPSA) is 65.7 Å². The Morgan fingerprint density at radius 1 is 1.37 bits per heavy atom. The Bertz CT molecular complexity index is 792. The van der Waals surface area contributed by atoms with Gasteiger partial charge in [-0.3, -0.25) is 4.99 Å². The Kier molecular flexibility index (Phi) is 7.40. The lowest BCUT2D eigenvalue weighted by Crippen LogP contribution is -2.44. The summed E-state index contributed by atoms with van der Waals surface area (Å²) < 4.78 is 32.6. The molecule has 0 bridgehead atoms. The Morgan fingerprint density at radius 3 is 2.78 bits per heavy atom. The number of oxazole rings is 1. The van der Waals surface area contributed by atoms with Gasteiger partial charge in [0, 0.05) is 32.2 Å². The molecule has 0 amide bonds. The second-order valence-corrected chi connectivity index (χ2v) is 6.35. The van der Waals surface area contributed by atoms with Crippen molar-refractivity contribution in [3.8, 4) is 0 Å². The van der Waals surface area contributed by atoms with E-state index in [1.807, 2.05) is 18.7 Å². The smallest absolute Gasteiger partial charge is 0.214 e. The van der Waals surface area contributed by atoms with Gasteiger partial charge in [0.15, 0.2) is 5.96 Å². The molecular weight excluding hydrogens is 467 g/mol. The first-order valence-corrected chi connectivity index (χ1v) is 8.56. The van der Waals surface area contributed by atoms with E-state index in [9.17, 15) is 8.78 Å². The predicted molar refractivity (Wildman–Crippen MR) is 112 cm³/mol. The Hall–Kier alpha value is -1.91. The van der Waals surface area contributed by atoms with E-state index in [1.54, 1.807) is 7.05 Å². The zero-order valence-corrected chi connectivity index (χ0v) is 17.9. The van der Waals surface area contributed by atoms with Crippen LogP contribution in [0.15, 0.2) is 27.6 Å². The van der Waals surface area contributed by atoms with Gasteiger partial charge in [-0.1, -0.05) is 0 Å². The highest BCUT2D eigenvalue weighted by Gasteiger charge is 2.25. The highest BCUT2D eigenvalue weighted by Crippen LogP contribution is 2.24. The van der Waals surface area contributed by atoms with Crippen LogP contribution in [0.25, 0.3) is 0 Å². The molecule has 0 radical (unpaired) electrons. The molecule has 1 aliphatic rings. The first kappa shape index (κ1) is 21.4. The van der Waals surface area contributed by atoms with Crippen molar-refractivity contribution in [2.75, 3.05) is 25.0 Å². The third kappa shape index (κ3) is 5.30. The molecule has 0 saturated carbocycles. The number of rotatable bonds is 4. The van der Waals surface area contributed by atoms with E-state index in [4.69, 9.17) is 4.42 Å². The molecule has 1 fully saturated rings. The molecule has 9 heteroatoms. The molecule has 3 rings (SSSR count). The van der Waals surface area contributed by atoms with E-state index < -0.39 is 11.6 Å². The maximum atomic E-state index is 13.9. The summed E-state index contributed by atoms with van der Waals surface area (Å²) in [7, 11) is 1.69. The molecule has 0 aliphatic carbocycles. The molecular formula is C18H24F2IN5O. The molecule has 148 valence electrons. The largest absolute Gasteiger partial charge is 0.444 e. The van der Waals surface area contributed by atoms with Crippen LogP contribution in [-0.4, -0.2) is 37.1 Å². The normalized spacial score (nSPS) is 17.0. The summed E-state index contributed by atoms with van der Waals surface area (Å²) in [4.78, 5) is 10.4. The van der Waals surface area contributed by atoms with Crippen LogP contribution in [0.1, 0.15) is 23.8 Å². The van der Waals surface area contributed by atoms with Crippen LogP contribution in [0.2, 0.25) is 0 Å². The number of aromatic nitrogens is 1. The molecule has 2 aromatic rings. The first-order chi connectivity index (χ1) is 12.5. The summed E-state index contributed by atoms with van der Waals surface area (Å²) in [5.74, 6) is 0.927. The molecule has 27 heavy (non-hydrogen) atoms. The molecule has 1 atom stereocenters. The standard InChI is InChI=1S/C18H23F2N5O.HI/c1-11-12(2)26-17(23-11)9-22-18(21-3)24-14-6-7-25(10-14)16-5-4-13(19)8-15(16)20;/h4-5,8,14H,6-7,9-10H2,1-3H3,(H2,21,22,24);1H. The lowest BCUT2D eigenvalue weighted by molar-refractivity contribution is 0.463. The average molecular weight is 491 g/mol. The van der Waals surface area contributed by atoms with Crippen LogP contribution < -0.4 is 15.5 Å². The van der Waals surface area contributed by atoms with Crippen LogP contribution in [0.4, 0.5) is 14.5 Å². The molecule has 6 nitrogen and oxygen atoms in total. The SMILES string of the molecule is CN=C(NCc1nc(C)c(C)o1)NC1CCN(c2ccc(F)cc2F)C1.I. The summed E-state index contributed by atoms with van der Waals surface area (Å²) in [5.41, 5.74) is 1.29. The van der Waals surface area contributed by atoms with E-state index in [2.05, 4.69) is 20.6 Å². The Balaban J connectivity index is 0.00000261. The van der Waals surface area contributed by atoms with Gasteiger partial charge in [-0.2, -0.15) is 0 Å². The number of guanidine groups is 1. The van der Waals surface area contributed by atoms with Crippen molar-refractivity contribution in [1.29, 1.82) is 0 Å². The number of hydrogen-bond donors (Lipinski definition) is 2. The second kappa shape index (κ2) is 9.34. The summed E-state index contributed by atoms with van der Waals surface area (Å²) in [6.45, 7) is 5.50. The number of halogens is 3. The van der Waals surface area contributed by atoms with E-state index in [0.717, 1.165) is 23.9 Å². The maximum Gasteiger partial charge on any atom is 0.214 e. The summed E-state index contributed by atoms with van der Waals surface area (Å²) in [6.07, 6.45) is 0.828. The van der Waals surface area contributed by atoms with Crippen LogP contribution in [-0.2, 0) is 6.54 Å². The van der Waals surface area contributed by atoms with E-state index >= 15 is 0 Å². The lowest BCUT2D eigenvalue weighted by atomic mass is 10.2. The highest BCUT2D eigenvalue weighted by molar-refractivity contribution is 14.0. The third-order valence-corrected chi connectivity index (χ3v) is 4.48. The minimum atomic E-state index is -0.568. The quantitative estimate of drug-likeness (QED) is 0.391. The van der Waals surface area contributed by atoms with Crippen LogP contribution in [0, 0.1) is 25.5 Å². The number of benzene rings is 1. The molecule has 2 heterocycles. The first-order valence-electron chi connectivity index (χ1n) is 8.56. The summed E-state index contributed by atoms with van der Waals surface area (Å²) in [5, 5.41) is 6.49. The van der Waals surface area contributed by atoms with Gasteiger partial charge in [0.05, 0.1) is 17.9 Å². The molecule has 1 unspecified atom stereocenters. The van der Waals surface area contributed by atoms with Crippen LogP contribution >= 0.6 is 24.0 Å². The average Bonchev–Trinajstić information content (AvgIpc) is 3.18. The molecule has 2 N–H and O–H groups in total. The maximum absolute atomic E-state index is 13.9. The van der Waals surface area contributed by atoms with Gasteiger partial charge in [0.25, 0.3) is 0 Å². The van der Waals surface area contributed by atoms with Gasteiger partial charge < -0.3 is 20.0 Å². The second-order valence-electron chi connectivity index (χ2n) is 6.35. The third-order valence-electron chi connectivity index (χ3n) is 4.48. The van der Waals surface area contributed by atoms with E-state index in [0.29, 0.717) is 37.2 Å². The fraction of sp³-hybridized carbons (Fsp3) is 0.444. The molecule has 1 aliphatic heterocycles. The van der Waals surface area contributed by atoms with Gasteiger partial charge >= 0.3 is 0 Å². The molecule has 1 saturated heterocycles. The van der Waals surface area contributed by atoms with Crippen molar-refractivity contribution in [1.82, 2.24) is 15.6 Å². The molecule has 1 aromatic heterocycles. The van der Waals surface area contributed by atoms with Crippen LogP contribution in [0.5, 0.6) is 0 Å². The van der Waals surface area contributed by atoms with Gasteiger partial charge in [0.1, 0.15) is 17.4 Å². The zero-order chi connectivity index (χ0) is 18.7. The summed E-state index contributed by atoms with van der Waals surface area (Å²) >= 11 is 0. The lowest BCUT2D eigenvalue weighted by Gasteiger charge is -2.20. The number of nitrogens with zero attached hydrogens (tertiary/aromatic N) is 3. The van der Waals surface area contributed by atoms with Crippen molar-refractivity contribution in [2.24, 2.45) is 4.99 Å². The van der Waals surface area contributed by atoms with Crippen molar-refractivity contribution in [3.63, 3.8) is 0 Å². The Morgan fingerprint density at radius 2 is 2.15 bits per heavy atom. The fourth-order valence-electron chi connectivity index (χ4n) is 3.00. The van der Waals surface area contributed by atoms with Crippen molar-refractivity contribution in [3.05, 3.63) is 47.2 Å². The Labute approximate surface area is 174 Å². The highest BCUT2D eigenvalue weighted by atomic mass is 127. The number of aryl methyl sites for hydroxylation is 2. The fourth-order valence-corrected chi connectivity index (χ4v) is 3.00. The summed E-state index contributed by atoms with van der Waals surface area (Å²) in [6, 6.07) is 3.78. The van der Waals surface area contributed by atoms with E-state index in [-0.39, 0.29) is 30.0 Å². The zero-order valence-electron chi connectivity index (χ0n) is 15.6. The van der Waals surface area contributed by atoms with E-state index in [1.165, 1.54) is 12.1 Å². The van der Waals surface area contributed by atoms with Gasteiger partial charge in [-0.25, -0.2) is 13.8 Å². The van der Waals surface area contributed by atoms with Crippen molar-refractivity contribution in [2.45, 2.75) is 32.9 Å². The predicted octanol–water partition coefficient (Wildman–Crippen LogP) is 3.13. The van der Waals surface area contributed by atoms with Gasteiger partial charge in [0.2, 0.25) is 5.89 Å². The number of aliphatic imine (C=N–C) groups is 1. The minimum absolute atomic E-state index is 0. The number of nitrogens with one attached hydrogen (secondary N) is 2. The van der Waals surface area contributed by atoms with Crippen molar-refractivity contribution < 1.29 is 13.2 Å².